The monoisotopic (exact) mass is 486 g/mol. The molecule has 5 nitrogen and oxygen atoms in total. The molecule has 35 heavy (non-hydrogen) atoms. The number of fused-ring (bicyclic) bond motifs is 7. The zero-order valence-corrected chi connectivity index (χ0v) is 22.4. The molecule has 0 aliphatic heterocycles. The van der Waals surface area contributed by atoms with Crippen molar-refractivity contribution in [1.29, 1.82) is 0 Å². The van der Waals surface area contributed by atoms with E-state index in [1.54, 1.807) is 0 Å². The van der Waals surface area contributed by atoms with Crippen LogP contribution < -0.4 is 0 Å². The molecule has 10 unspecified atom stereocenters. The lowest BCUT2D eigenvalue weighted by atomic mass is 9.33. The van der Waals surface area contributed by atoms with Crippen LogP contribution in [0.3, 0.4) is 0 Å². The third kappa shape index (κ3) is 3.00. The predicted molar refractivity (Wildman–Crippen MR) is 134 cm³/mol. The highest BCUT2D eigenvalue weighted by Gasteiger charge is 2.69. The molecule has 0 aromatic rings. The van der Waals surface area contributed by atoms with E-state index in [0.29, 0.717) is 31.6 Å². The number of allylic oxidation sites excluding steroid dienone is 2. The van der Waals surface area contributed by atoms with Crippen molar-refractivity contribution in [3.63, 3.8) is 0 Å². The molecule has 5 rings (SSSR count). The van der Waals surface area contributed by atoms with E-state index >= 15 is 0 Å². The maximum absolute atomic E-state index is 12.8. The first-order valence-electron chi connectivity index (χ1n) is 14.0. The van der Waals surface area contributed by atoms with Crippen molar-refractivity contribution in [2.24, 2.45) is 50.2 Å². The Morgan fingerprint density at radius 1 is 1.00 bits per heavy atom. The molecular weight excluding hydrogens is 440 g/mol. The van der Waals surface area contributed by atoms with Crippen LogP contribution >= 0.6 is 0 Å². The fourth-order valence-electron chi connectivity index (χ4n) is 10.6. The lowest BCUT2D eigenvalue weighted by Gasteiger charge is -2.71. The fraction of sp³-hybridized carbons (Fsp3) is 0.867. The summed E-state index contributed by atoms with van der Waals surface area (Å²) in [5.74, 6) is -0.0578. The Bertz CT molecular complexity index is 958. The van der Waals surface area contributed by atoms with Gasteiger partial charge in [0, 0.05) is 10.8 Å². The van der Waals surface area contributed by atoms with E-state index in [-0.39, 0.29) is 34.7 Å². The van der Waals surface area contributed by atoms with Crippen molar-refractivity contribution in [3.8, 4) is 0 Å². The van der Waals surface area contributed by atoms with Gasteiger partial charge in [0.1, 0.15) is 6.29 Å². The third-order valence-electron chi connectivity index (χ3n) is 13.3. The molecule has 5 aliphatic carbocycles. The average molecular weight is 487 g/mol. The topological polar surface area (TPSA) is 94.8 Å². The number of carboxylic acid groups (broad SMARTS) is 1. The highest BCUT2D eigenvalue weighted by Crippen LogP contribution is 2.75. The van der Waals surface area contributed by atoms with Crippen LogP contribution in [-0.4, -0.2) is 40.3 Å². The van der Waals surface area contributed by atoms with E-state index in [2.05, 4.69) is 33.8 Å². The van der Waals surface area contributed by atoms with Gasteiger partial charge in [-0.3, -0.25) is 4.79 Å². The number of aliphatic hydroxyl groups excluding tert-OH is 2. The SMILES string of the molecule is CC1(C=O)CCC2(C(=O)O)CCC3(C)C(=CCC4C5(C)CCC(O)C(C)(CO)C5CCC43C)C2C1. The lowest BCUT2D eigenvalue weighted by molar-refractivity contribution is -0.216. The Hall–Kier alpha value is -1.20. The van der Waals surface area contributed by atoms with Crippen LogP contribution in [0.5, 0.6) is 0 Å². The van der Waals surface area contributed by atoms with Crippen molar-refractivity contribution in [3.05, 3.63) is 11.6 Å². The van der Waals surface area contributed by atoms with Gasteiger partial charge in [0.25, 0.3) is 0 Å². The average Bonchev–Trinajstić information content (AvgIpc) is 2.82. The number of aliphatic hydroxyl groups is 2. The van der Waals surface area contributed by atoms with Crippen LogP contribution in [0.4, 0.5) is 0 Å². The highest BCUT2D eigenvalue weighted by atomic mass is 16.4. The van der Waals surface area contributed by atoms with E-state index in [9.17, 15) is 24.9 Å². The standard InChI is InChI=1S/C30H46O5/c1-25(17-31)12-14-30(24(34)35)15-13-28(4)19(20(30)16-25)6-7-22-26(2)10-9-23(33)27(3,18-32)21(26)8-11-29(22,28)5/h6,17,20-23,32-33H,7-16,18H2,1-5H3,(H,34,35). The second-order valence-electron chi connectivity index (χ2n) is 14.5. The number of rotatable bonds is 3. The summed E-state index contributed by atoms with van der Waals surface area (Å²) < 4.78 is 0. The number of carbonyl (C=O) groups excluding carboxylic acids is 1. The molecule has 10 atom stereocenters. The van der Waals surface area contributed by atoms with Crippen LogP contribution in [0, 0.1) is 50.2 Å². The van der Waals surface area contributed by atoms with Crippen molar-refractivity contribution in [1.82, 2.24) is 0 Å². The molecule has 0 aromatic carbocycles. The number of hydrogen-bond donors (Lipinski definition) is 3. The zero-order valence-electron chi connectivity index (χ0n) is 22.4. The van der Waals surface area contributed by atoms with Crippen LogP contribution in [-0.2, 0) is 9.59 Å². The molecule has 0 spiro atoms. The first-order chi connectivity index (χ1) is 16.3. The first-order valence-corrected chi connectivity index (χ1v) is 14.0. The summed E-state index contributed by atoms with van der Waals surface area (Å²) in [4.78, 5) is 24.8. The van der Waals surface area contributed by atoms with Crippen molar-refractivity contribution in [2.75, 3.05) is 6.61 Å². The minimum absolute atomic E-state index is 0.0176. The minimum atomic E-state index is -0.747. The Morgan fingerprint density at radius 3 is 2.31 bits per heavy atom. The molecule has 4 fully saturated rings. The number of carboxylic acids is 1. The van der Waals surface area contributed by atoms with Gasteiger partial charge >= 0.3 is 5.97 Å². The number of aldehydes is 1. The quantitative estimate of drug-likeness (QED) is 0.367. The molecule has 0 radical (unpaired) electrons. The second kappa shape index (κ2) is 7.66. The van der Waals surface area contributed by atoms with Gasteiger partial charge in [0.2, 0.25) is 0 Å². The molecule has 3 N–H and O–H groups in total. The second-order valence-corrected chi connectivity index (χ2v) is 14.5. The van der Waals surface area contributed by atoms with E-state index < -0.39 is 28.3 Å². The molecule has 0 amide bonds. The number of hydrogen-bond acceptors (Lipinski definition) is 4. The fourth-order valence-corrected chi connectivity index (χ4v) is 10.6. The maximum Gasteiger partial charge on any atom is 0.310 e. The molecule has 4 saturated carbocycles. The molecule has 0 aromatic heterocycles. The predicted octanol–water partition coefficient (Wildman–Crippen LogP) is 5.39. The molecule has 0 heterocycles. The van der Waals surface area contributed by atoms with Gasteiger partial charge in [-0.15, -0.1) is 0 Å². The number of carbonyl (C=O) groups is 2. The molecular formula is C30H46O5. The van der Waals surface area contributed by atoms with Gasteiger partial charge < -0.3 is 20.1 Å². The molecule has 0 bridgehead atoms. The van der Waals surface area contributed by atoms with E-state index in [1.807, 2.05) is 6.92 Å². The van der Waals surface area contributed by atoms with Gasteiger partial charge in [-0.1, -0.05) is 46.3 Å². The van der Waals surface area contributed by atoms with E-state index in [0.717, 1.165) is 44.8 Å². The van der Waals surface area contributed by atoms with Gasteiger partial charge in [0.15, 0.2) is 0 Å². The van der Waals surface area contributed by atoms with Crippen molar-refractivity contribution >= 4 is 12.3 Å². The zero-order chi connectivity index (χ0) is 25.7. The summed E-state index contributed by atoms with van der Waals surface area (Å²) in [6.45, 7) is 11.4. The summed E-state index contributed by atoms with van der Waals surface area (Å²) in [5, 5.41) is 31.8. The van der Waals surface area contributed by atoms with Gasteiger partial charge in [-0.05, 0) is 98.2 Å². The first kappa shape index (κ1) is 25.4. The largest absolute Gasteiger partial charge is 0.481 e. The molecule has 0 saturated heterocycles. The van der Waals surface area contributed by atoms with Gasteiger partial charge in [-0.25, -0.2) is 0 Å². The minimum Gasteiger partial charge on any atom is -0.481 e. The van der Waals surface area contributed by atoms with Crippen LogP contribution in [0.2, 0.25) is 0 Å². The Balaban J connectivity index is 1.60. The summed E-state index contributed by atoms with van der Waals surface area (Å²) in [5.41, 5.74) is -0.393. The highest BCUT2D eigenvalue weighted by molar-refractivity contribution is 5.77. The summed E-state index contributed by atoms with van der Waals surface area (Å²) in [6.07, 6.45) is 11.1. The Labute approximate surface area is 210 Å². The number of aliphatic carboxylic acids is 1. The van der Waals surface area contributed by atoms with Crippen LogP contribution in [0.1, 0.15) is 98.8 Å². The Morgan fingerprint density at radius 2 is 1.69 bits per heavy atom. The van der Waals surface area contributed by atoms with Gasteiger partial charge in [-0.2, -0.15) is 0 Å². The maximum atomic E-state index is 12.8. The smallest absolute Gasteiger partial charge is 0.310 e. The summed E-state index contributed by atoms with van der Waals surface area (Å²) in [6, 6.07) is 0. The van der Waals surface area contributed by atoms with E-state index in [4.69, 9.17) is 0 Å². The van der Waals surface area contributed by atoms with Crippen LogP contribution in [0.25, 0.3) is 0 Å². The molecule has 5 aliphatic rings. The normalized spacial score (nSPS) is 55.5. The van der Waals surface area contributed by atoms with Crippen molar-refractivity contribution < 1.29 is 24.9 Å². The van der Waals surface area contributed by atoms with Gasteiger partial charge in [0.05, 0.1) is 18.1 Å². The summed E-state index contributed by atoms with van der Waals surface area (Å²) in [7, 11) is 0. The third-order valence-corrected chi connectivity index (χ3v) is 13.3. The van der Waals surface area contributed by atoms with Crippen LogP contribution in [0.15, 0.2) is 11.6 Å². The Kier molecular flexibility index (Phi) is 5.57. The van der Waals surface area contributed by atoms with Crippen molar-refractivity contribution in [2.45, 2.75) is 105 Å². The molecule has 5 heteroatoms. The van der Waals surface area contributed by atoms with E-state index in [1.165, 1.54) is 5.57 Å². The summed E-state index contributed by atoms with van der Waals surface area (Å²) >= 11 is 0. The lowest BCUT2D eigenvalue weighted by Crippen LogP contribution is -2.66. The molecule has 196 valence electrons.